The highest BCUT2D eigenvalue weighted by Crippen LogP contribution is 2.23. The Bertz CT molecular complexity index is 660. The van der Waals surface area contributed by atoms with Crippen molar-refractivity contribution in [3.05, 3.63) is 47.2 Å². The molecule has 2 aromatic rings. The number of nitrogens with one attached hydrogen (secondary N) is 1. The predicted octanol–water partition coefficient (Wildman–Crippen LogP) is 3.94. The maximum absolute atomic E-state index is 4.73. The molecule has 0 saturated carbocycles. The van der Waals surface area contributed by atoms with Gasteiger partial charge in [0.25, 0.3) is 0 Å². The van der Waals surface area contributed by atoms with Gasteiger partial charge in [0.05, 0.1) is 0 Å². The molecule has 122 valence electrons. The number of nitrogens with zero attached hydrogens (tertiary/aromatic N) is 3. The molecule has 0 amide bonds. The third-order valence-corrected chi connectivity index (χ3v) is 4.65. The number of anilines is 2. The lowest BCUT2D eigenvalue weighted by molar-refractivity contribution is 0.436. The van der Waals surface area contributed by atoms with E-state index in [-0.39, 0.29) is 0 Å². The lowest BCUT2D eigenvalue weighted by Crippen LogP contribution is -2.33. The Labute approximate surface area is 139 Å². The zero-order chi connectivity index (χ0) is 16.2. The van der Waals surface area contributed by atoms with E-state index in [2.05, 4.69) is 59.4 Å². The van der Waals surface area contributed by atoms with E-state index in [1.807, 2.05) is 6.92 Å². The van der Waals surface area contributed by atoms with Gasteiger partial charge in [0, 0.05) is 31.4 Å². The van der Waals surface area contributed by atoms with Crippen LogP contribution in [-0.2, 0) is 6.54 Å². The van der Waals surface area contributed by atoms with Crippen LogP contribution in [-0.4, -0.2) is 23.1 Å². The number of aromatic nitrogens is 2. The van der Waals surface area contributed by atoms with Crippen molar-refractivity contribution in [3.8, 4) is 0 Å². The van der Waals surface area contributed by atoms with Crippen molar-refractivity contribution in [1.29, 1.82) is 0 Å². The zero-order valence-corrected chi connectivity index (χ0v) is 14.3. The summed E-state index contributed by atoms with van der Waals surface area (Å²) in [6.07, 6.45) is 2.49. The summed E-state index contributed by atoms with van der Waals surface area (Å²) in [6, 6.07) is 10.5. The maximum atomic E-state index is 4.73. The molecule has 0 atom stereocenters. The summed E-state index contributed by atoms with van der Waals surface area (Å²) in [7, 11) is 0. The first-order chi connectivity index (χ1) is 11.1. The number of hydrogen-bond donors (Lipinski definition) is 1. The van der Waals surface area contributed by atoms with Gasteiger partial charge in [-0.25, -0.2) is 4.98 Å². The number of rotatable bonds is 4. The molecule has 0 radical (unpaired) electrons. The first-order valence-electron chi connectivity index (χ1n) is 8.51. The summed E-state index contributed by atoms with van der Waals surface area (Å²) in [6.45, 7) is 9.44. The molecule has 1 aliphatic heterocycles. The molecule has 4 heteroatoms. The lowest BCUT2D eigenvalue weighted by atomic mass is 9.99. The average molecular weight is 310 g/mol. The molecule has 4 nitrogen and oxygen atoms in total. The first-order valence-corrected chi connectivity index (χ1v) is 8.51. The molecule has 1 aliphatic rings. The van der Waals surface area contributed by atoms with E-state index < -0.39 is 0 Å². The van der Waals surface area contributed by atoms with Gasteiger partial charge in [-0.05, 0) is 43.7 Å². The van der Waals surface area contributed by atoms with E-state index >= 15 is 0 Å². The number of hydrogen-bond acceptors (Lipinski definition) is 4. The van der Waals surface area contributed by atoms with Crippen LogP contribution in [0, 0.1) is 19.8 Å². The summed E-state index contributed by atoms with van der Waals surface area (Å²) in [5, 5.41) is 3.38. The van der Waals surface area contributed by atoms with Gasteiger partial charge in [0.2, 0.25) is 5.95 Å². The number of piperidine rings is 1. The topological polar surface area (TPSA) is 41.1 Å². The molecule has 2 heterocycles. The van der Waals surface area contributed by atoms with Crippen LogP contribution in [0.3, 0.4) is 0 Å². The SMILES string of the molecule is Cc1cc(N2CCC(C)CC2)nc(NCc2ccccc2C)n1. The smallest absolute Gasteiger partial charge is 0.225 e. The Morgan fingerprint density at radius 3 is 2.61 bits per heavy atom. The molecular formula is C19H26N4. The lowest BCUT2D eigenvalue weighted by Gasteiger charge is -2.31. The molecule has 0 aliphatic carbocycles. The van der Waals surface area contributed by atoms with Crippen LogP contribution in [0.4, 0.5) is 11.8 Å². The van der Waals surface area contributed by atoms with Crippen molar-refractivity contribution in [1.82, 2.24) is 9.97 Å². The van der Waals surface area contributed by atoms with Crippen molar-refractivity contribution in [2.24, 2.45) is 5.92 Å². The van der Waals surface area contributed by atoms with E-state index in [4.69, 9.17) is 4.98 Å². The van der Waals surface area contributed by atoms with Crippen LogP contribution < -0.4 is 10.2 Å². The largest absolute Gasteiger partial charge is 0.356 e. The van der Waals surface area contributed by atoms with Gasteiger partial charge in [-0.1, -0.05) is 31.2 Å². The fraction of sp³-hybridized carbons (Fsp3) is 0.474. The van der Waals surface area contributed by atoms with Crippen LogP contribution >= 0.6 is 0 Å². The summed E-state index contributed by atoms with van der Waals surface area (Å²) in [4.78, 5) is 11.7. The van der Waals surface area contributed by atoms with Gasteiger partial charge in [-0.15, -0.1) is 0 Å². The quantitative estimate of drug-likeness (QED) is 0.928. The van der Waals surface area contributed by atoms with E-state index in [9.17, 15) is 0 Å². The van der Waals surface area contributed by atoms with E-state index in [0.29, 0.717) is 0 Å². The minimum atomic E-state index is 0.724. The molecule has 0 unspecified atom stereocenters. The van der Waals surface area contributed by atoms with Crippen molar-refractivity contribution >= 4 is 11.8 Å². The molecular weight excluding hydrogens is 284 g/mol. The Morgan fingerprint density at radius 1 is 1.13 bits per heavy atom. The molecule has 0 spiro atoms. The standard InChI is InChI=1S/C19H26N4/c1-14-8-10-23(11-9-14)18-12-16(3)21-19(22-18)20-13-17-7-5-4-6-15(17)2/h4-7,12,14H,8-11,13H2,1-3H3,(H,20,21,22). The third-order valence-electron chi connectivity index (χ3n) is 4.65. The van der Waals surface area contributed by atoms with E-state index in [0.717, 1.165) is 43.0 Å². The summed E-state index contributed by atoms with van der Waals surface area (Å²) in [5.41, 5.74) is 3.59. The molecule has 0 bridgehead atoms. The summed E-state index contributed by atoms with van der Waals surface area (Å²) in [5.74, 6) is 2.60. The van der Waals surface area contributed by atoms with Crippen LogP contribution in [0.1, 0.15) is 36.6 Å². The average Bonchev–Trinajstić information content (AvgIpc) is 2.54. The summed E-state index contributed by atoms with van der Waals surface area (Å²) >= 11 is 0. The van der Waals surface area contributed by atoms with Gasteiger partial charge in [-0.3, -0.25) is 0 Å². The van der Waals surface area contributed by atoms with Crippen molar-refractivity contribution in [2.45, 2.75) is 40.2 Å². The first kappa shape index (κ1) is 15.8. The highest BCUT2D eigenvalue weighted by molar-refractivity contribution is 5.45. The molecule has 1 aromatic heterocycles. The Balaban J connectivity index is 1.71. The maximum Gasteiger partial charge on any atom is 0.225 e. The van der Waals surface area contributed by atoms with Gasteiger partial charge in [0.15, 0.2) is 0 Å². The predicted molar refractivity (Wildman–Crippen MR) is 95.9 cm³/mol. The van der Waals surface area contributed by atoms with Gasteiger partial charge in [0.1, 0.15) is 5.82 Å². The second kappa shape index (κ2) is 6.99. The summed E-state index contributed by atoms with van der Waals surface area (Å²) < 4.78 is 0. The van der Waals surface area contributed by atoms with Crippen LogP contribution in [0.2, 0.25) is 0 Å². The van der Waals surface area contributed by atoms with E-state index in [1.165, 1.54) is 24.0 Å². The molecule has 1 N–H and O–H groups in total. The van der Waals surface area contributed by atoms with Crippen LogP contribution in [0.15, 0.2) is 30.3 Å². The minimum Gasteiger partial charge on any atom is -0.356 e. The van der Waals surface area contributed by atoms with Gasteiger partial charge in [-0.2, -0.15) is 4.98 Å². The monoisotopic (exact) mass is 310 g/mol. The molecule has 1 aromatic carbocycles. The normalized spacial score (nSPS) is 15.7. The fourth-order valence-corrected chi connectivity index (χ4v) is 3.01. The Hall–Kier alpha value is -2.10. The van der Waals surface area contributed by atoms with Crippen molar-refractivity contribution in [3.63, 3.8) is 0 Å². The minimum absolute atomic E-state index is 0.724. The number of aryl methyl sites for hydroxylation is 2. The van der Waals surface area contributed by atoms with Crippen LogP contribution in [0.5, 0.6) is 0 Å². The molecule has 23 heavy (non-hydrogen) atoms. The van der Waals surface area contributed by atoms with Crippen molar-refractivity contribution in [2.75, 3.05) is 23.3 Å². The third kappa shape index (κ3) is 4.01. The van der Waals surface area contributed by atoms with Gasteiger partial charge < -0.3 is 10.2 Å². The molecule has 1 fully saturated rings. The zero-order valence-electron chi connectivity index (χ0n) is 14.3. The second-order valence-electron chi connectivity index (χ2n) is 6.64. The molecule has 3 rings (SSSR count). The highest BCUT2D eigenvalue weighted by atomic mass is 15.2. The number of benzene rings is 1. The van der Waals surface area contributed by atoms with Crippen LogP contribution in [0.25, 0.3) is 0 Å². The molecule has 1 saturated heterocycles. The second-order valence-corrected chi connectivity index (χ2v) is 6.64. The Kier molecular flexibility index (Phi) is 4.79. The van der Waals surface area contributed by atoms with E-state index in [1.54, 1.807) is 0 Å². The Morgan fingerprint density at radius 2 is 1.87 bits per heavy atom. The highest BCUT2D eigenvalue weighted by Gasteiger charge is 2.17. The fourth-order valence-electron chi connectivity index (χ4n) is 3.01. The van der Waals surface area contributed by atoms with Crippen molar-refractivity contribution < 1.29 is 0 Å². The van der Waals surface area contributed by atoms with Gasteiger partial charge >= 0.3 is 0 Å².